The summed E-state index contributed by atoms with van der Waals surface area (Å²) in [6.45, 7) is 4.24. The fourth-order valence-electron chi connectivity index (χ4n) is 3.91. The zero-order valence-corrected chi connectivity index (χ0v) is 14.7. The highest BCUT2D eigenvalue weighted by atomic mass is 16.5. The Morgan fingerprint density at radius 3 is 2.64 bits per heavy atom. The molecule has 1 aromatic heterocycles. The van der Waals surface area contributed by atoms with Gasteiger partial charge in [-0.15, -0.1) is 0 Å². The largest absolute Gasteiger partial charge is 0.487 e. The Labute approximate surface area is 148 Å². The highest BCUT2D eigenvalue weighted by Gasteiger charge is 2.33. The summed E-state index contributed by atoms with van der Waals surface area (Å²) < 4.78 is 7.60. The van der Waals surface area contributed by atoms with Crippen molar-refractivity contribution in [2.75, 3.05) is 6.54 Å². The van der Waals surface area contributed by atoms with Crippen LogP contribution in [0, 0.1) is 5.92 Å². The van der Waals surface area contributed by atoms with Gasteiger partial charge in [0.1, 0.15) is 23.7 Å². The lowest BCUT2D eigenvalue weighted by atomic mass is 9.86. The third-order valence-corrected chi connectivity index (χ3v) is 5.42. The molecule has 5 heteroatoms. The number of para-hydroxylation sites is 1. The van der Waals surface area contributed by atoms with E-state index in [-0.39, 0.29) is 5.91 Å². The van der Waals surface area contributed by atoms with Crippen LogP contribution < -0.4 is 4.74 Å². The van der Waals surface area contributed by atoms with Crippen LogP contribution in [0.2, 0.25) is 0 Å². The molecule has 4 rings (SSSR count). The van der Waals surface area contributed by atoms with Crippen molar-refractivity contribution in [3.8, 4) is 5.75 Å². The van der Waals surface area contributed by atoms with Gasteiger partial charge in [0.15, 0.2) is 0 Å². The van der Waals surface area contributed by atoms with Gasteiger partial charge >= 0.3 is 0 Å². The summed E-state index contributed by atoms with van der Waals surface area (Å²) in [7, 11) is 0. The van der Waals surface area contributed by atoms with Gasteiger partial charge in [-0.3, -0.25) is 9.48 Å². The molecule has 0 bridgehead atoms. The number of nitrogens with zero attached hydrogens (tertiary/aromatic N) is 3. The molecule has 0 saturated heterocycles. The molecule has 0 N–H and O–H groups in total. The number of hydrogen-bond donors (Lipinski definition) is 0. The number of ether oxygens (including phenoxy) is 1. The van der Waals surface area contributed by atoms with E-state index in [1.807, 2.05) is 41.1 Å². The van der Waals surface area contributed by atoms with E-state index < -0.39 is 0 Å². The van der Waals surface area contributed by atoms with Crippen molar-refractivity contribution in [2.24, 2.45) is 5.92 Å². The Bertz CT molecular complexity index is 733. The molecule has 1 aromatic carbocycles. The average Bonchev–Trinajstić information content (AvgIpc) is 3.06. The van der Waals surface area contributed by atoms with Crippen molar-refractivity contribution in [3.05, 3.63) is 47.8 Å². The van der Waals surface area contributed by atoms with Crippen LogP contribution in [0.5, 0.6) is 5.75 Å². The SMILES string of the molecule is CC1CCC(N2CCn3nc(COc4ccccc4)cc3C2=O)CC1. The molecule has 2 aliphatic rings. The van der Waals surface area contributed by atoms with E-state index in [9.17, 15) is 4.79 Å². The number of carbonyl (C=O) groups is 1. The van der Waals surface area contributed by atoms with Crippen molar-refractivity contribution in [2.45, 2.75) is 51.8 Å². The minimum Gasteiger partial charge on any atom is -0.487 e. The number of hydrogen-bond acceptors (Lipinski definition) is 3. The maximum absolute atomic E-state index is 12.9. The molecular weight excluding hydrogens is 314 g/mol. The first-order valence-electron chi connectivity index (χ1n) is 9.26. The molecule has 1 amide bonds. The van der Waals surface area contributed by atoms with Gasteiger partial charge in [0, 0.05) is 12.6 Å². The Morgan fingerprint density at radius 1 is 1.12 bits per heavy atom. The molecule has 5 nitrogen and oxygen atoms in total. The van der Waals surface area contributed by atoms with Crippen LogP contribution in [-0.2, 0) is 13.2 Å². The molecule has 1 saturated carbocycles. The predicted molar refractivity (Wildman–Crippen MR) is 95.5 cm³/mol. The van der Waals surface area contributed by atoms with Crippen LogP contribution in [0.25, 0.3) is 0 Å². The van der Waals surface area contributed by atoms with E-state index in [2.05, 4.69) is 16.9 Å². The van der Waals surface area contributed by atoms with Crippen LogP contribution in [0.3, 0.4) is 0 Å². The summed E-state index contributed by atoms with van der Waals surface area (Å²) in [6, 6.07) is 12.0. The van der Waals surface area contributed by atoms with Crippen LogP contribution in [0.4, 0.5) is 0 Å². The van der Waals surface area contributed by atoms with Gasteiger partial charge in [0.05, 0.1) is 6.54 Å². The van der Waals surface area contributed by atoms with Gasteiger partial charge in [0.25, 0.3) is 5.91 Å². The predicted octanol–water partition coefficient (Wildman–Crippen LogP) is 3.50. The van der Waals surface area contributed by atoms with Crippen molar-refractivity contribution >= 4 is 5.91 Å². The molecule has 0 atom stereocenters. The summed E-state index contributed by atoms with van der Waals surface area (Å²) >= 11 is 0. The Kier molecular flexibility index (Phi) is 4.47. The van der Waals surface area contributed by atoms with E-state index in [0.29, 0.717) is 18.3 Å². The van der Waals surface area contributed by atoms with Gasteiger partial charge in [-0.1, -0.05) is 25.1 Å². The first kappa shape index (κ1) is 16.2. The second-order valence-corrected chi connectivity index (χ2v) is 7.26. The summed E-state index contributed by atoms with van der Waals surface area (Å²) in [5.41, 5.74) is 1.52. The van der Waals surface area contributed by atoms with Crippen molar-refractivity contribution < 1.29 is 9.53 Å². The molecule has 0 unspecified atom stereocenters. The lowest BCUT2D eigenvalue weighted by Crippen LogP contribution is -2.47. The molecule has 0 spiro atoms. The second-order valence-electron chi connectivity index (χ2n) is 7.26. The minimum atomic E-state index is 0.129. The number of rotatable bonds is 4. The van der Waals surface area contributed by atoms with Gasteiger partial charge in [-0.05, 0) is 49.8 Å². The Hall–Kier alpha value is -2.30. The quantitative estimate of drug-likeness (QED) is 0.856. The normalized spacial score (nSPS) is 23.4. The summed E-state index contributed by atoms with van der Waals surface area (Å²) in [5.74, 6) is 1.74. The fourth-order valence-corrected chi connectivity index (χ4v) is 3.91. The highest BCUT2D eigenvalue weighted by molar-refractivity contribution is 5.93. The summed E-state index contributed by atoms with van der Waals surface area (Å²) in [6.07, 6.45) is 4.71. The second kappa shape index (κ2) is 6.90. The van der Waals surface area contributed by atoms with Crippen LogP contribution in [0.15, 0.2) is 36.4 Å². The number of fused-ring (bicyclic) bond motifs is 1. The van der Waals surface area contributed by atoms with Crippen molar-refractivity contribution in [3.63, 3.8) is 0 Å². The first-order chi connectivity index (χ1) is 12.2. The van der Waals surface area contributed by atoms with Crippen LogP contribution in [-0.4, -0.2) is 33.2 Å². The highest BCUT2D eigenvalue weighted by Crippen LogP contribution is 2.29. The number of carbonyl (C=O) groups excluding carboxylic acids is 1. The van der Waals surface area contributed by atoms with Gasteiger partial charge < -0.3 is 9.64 Å². The number of amides is 1. The number of aromatic nitrogens is 2. The molecule has 132 valence electrons. The van der Waals surface area contributed by atoms with E-state index in [1.165, 1.54) is 12.8 Å². The molecule has 1 fully saturated rings. The zero-order valence-electron chi connectivity index (χ0n) is 14.7. The molecule has 25 heavy (non-hydrogen) atoms. The molecule has 0 radical (unpaired) electrons. The standard InChI is InChI=1S/C20H25N3O2/c1-15-7-9-17(10-8-15)22-11-12-23-19(20(22)24)13-16(21-23)14-25-18-5-3-2-4-6-18/h2-6,13,15,17H,7-12,14H2,1H3. The maximum atomic E-state index is 12.9. The molecule has 1 aliphatic heterocycles. The first-order valence-corrected chi connectivity index (χ1v) is 9.26. The van der Waals surface area contributed by atoms with Gasteiger partial charge in [0.2, 0.25) is 0 Å². The van der Waals surface area contributed by atoms with E-state index in [0.717, 1.165) is 43.3 Å². The van der Waals surface area contributed by atoms with Gasteiger partial charge in [-0.2, -0.15) is 5.10 Å². The Balaban J connectivity index is 1.43. The zero-order chi connectivity index (χ0) is 17.2. The van der Waals surface area contributed by atoms with Crippen molar-refractivity contribution in [1.29, 1.82) is 0 Å². The number of benzene rings is 1. The third-order valence-electron chi connectivity index (χ3n) is 5.42. The lowest BCUT2D eigenvalue weighted by molar-refractivity contribution is 0.0542. The van der Waals surface area contributed by atoms with Crippen LogP contribution >= 0.6 is 0 Å². The molecule has 2 aromatic rings. The fraction of sp³-hybridized carbons (Fsp3) is 0.500. The molecule has 2 heterocycles. The summed E-state index contributed by atoms with van der Waals surface area (Å²) in [4.78, 5) is 15.0. The Morgan fingerprint density at radius 2 is 1.88 bits per heavy atom. The molecule has 1 aliphatic carbocycles. The smallest absolute Gasteiger partial charge is 0.272 e. The summed E-state index contributed by atoms with van der Waals surface area (Å²) in [5, 5.41) is 4.55. The third kappa shape index (κ3) is 3.41. The van der Waals surface area contributed by atoms with Gasteiger partial charge in [-0.25, -0.2) is 0 Å². The monoisotopic (exact) mass is 339 g/mol. The van der Waals surface area contributed by atoms with Crippen LogP contribution in [0.1, 0.15) is 48.8 Å². The average molecular weight is 339 g/mol. The topological polar surface area (TPSA) is 47.4 Å². The van der Waals surface area contributed by atoms with E-state index in [1.54, 1.807) is 0 Å². The van der Waals surface area contributed by atoms with Crippen molar-refractivity contribution in [1.82, 2.24) is 14.7 Å². The van der Waals surface area contributed by atoms with E-state index in [4.69, 9.17) is 4.74 Å². The minimum absolute atomic E-state index is 0.129. The molecular formula is C20H25N3O2. The maximum Gasteiger partial charge on any atom is 0.272 e. The van der Waals surface area contributed by atoms with E-state index >= 15 is 0 Å². The lowest BCUT2D eigenvalue weighted by Gasteiger charge is -2.38.